The minimum atomic E-state index is -0.610. The molecule has 0 radical (unpaired) electrons. The minimum absolute atomic E-state index is 0.0223. The summed E-state index contributed by atoms with van der Waals surface area (Å²) < 4.78 is 10.0. The maximum absolute atomic E-state index is 13.5. The van der Waals surface area contributed by atoms with Gasteiger partial charge in [0.15, 0.2) is 5.82 Å². The van der Waals surface area contributed by atoms with Gasteiger partial charge in [0, 0.05) is 53.8 Å². The fourth-order valence-electron chi connectivity index (χ4n) is 4.36. The third kappa shape index (κ3) is 6.06. The topological polar surface area (TPSA) is 143 Å². The van der Waals surface area contributed by atoms with Crippen LogP contribution in [0.2, 0.25) is 5.02 Å². The van der Waals surface area contributed by atoms with Crippen LogP contribution < -0.4 is 5.32 Å². The van der Waals surface area contributed by atoms with Gasteiger partial charge in [-0.2, -0.15) is 5.10 Å². The molecule has 2 N–H and O–H groups in total. The van der Waals surface area contributed by atoms with E-state index in [1.54, 1.807) is 36.9 Å². The van der Waals surface area contributed by atoms with Crippen molar-refractivity contribution in [3.63, 3.8) is 0 Å². The lowest BCUT2D eigenvalue weighted by atomic mass is 10.2. The Kier molecular flexibility index (Phi) is 7.56. The summed E-state index contributed by atoms with van der Waals surface area (Å²) in [7, 11) is 0. The van der Waals surface area contributed by atoms with Crippen LogP contribution in [-0.2, 0) is 14.3 Å². The number of esters is 1. The van der Waals surface area contributed by atoms with Crippen LogP contribution in [0, 0.1) is 5.92 Å². The summed E-state index contributed by atoms with van der Waals surface area (Å²) in [6.45, 7) is 5.51. The van der Waals surface area contributed by atoms with E-state index in [4.69, 9.17) is 21.1 Å². The molecule has 1 aromatic carbocycles. The number of aromatic nitrogens is 4. The van der Waals surface area contributed by atoms with E-state index in [1.807, 2.05) is 13.0 Å². The molecule has 3 aromatic rings. The number of benzene rings is 1. The summed E-state index contributed by atoms with van der Waals surface area (Å²) in [6, 6.07) is 6.80. The number of nitrogens with zero attached hydrogens (tertiary/aromatic N) is 5. The second-order valence-electron chi connectivity index (χ2n) is 10.1. The predicted octanol–water partition coefficient (Wildman–Crippen LogP) is 4.07. The van der Waals surface area contributed by atoms with Crippen LogP contribution in [0.5, 0.6) is 0 Å². The lowest BCUT2D eigenvalue weighted by Crippen LogP contribution is -2.55. The molecule has 0 unspecified atom stereocenters. The highest BCUT2D eigenvalue weighted by Crippen LogP contribution is 2.40. The number of amides is 2. The Morgan fingerprint density at radius 2 is 1.95 bits per heavy atom. The van der Waals surface area contributed by atoms with E-state index in [0.29, 0.717) is 33.5 Å². The average molecular weight is 556 g/mol. The number of carbonyl (C=O) groups excluding carboxylic acids is 3. The molecule has 1 aliphatic carbocycles. The number of anilines is 2. The highest BCUT2D eigenvalue weighted by molar-refractivity contribution is 6.31. The van der Waals surface area contributed by atoms with Crippen molar-refractivity contribution >= 4 is 52.1 Å². The van der Waals surface area contributed by atoms with Gasteiger partial charge in [0.1, 0.15) is 5.82 Å². The molecule has 5 rings (SSSR count). The third-order valence-electron chi connectivity index (χ3n) is 6.71. The molecule has 2 amide bonds. The van der Waals surface area contributed by atoms with Crippen LogP contribution >= 0.6 is 11.6 Å². The molecule has 206 valence electrons. The molecule has 3 heterocycles. The first-order chi connectivity index (χ1) is 18.7. The summed E-state index contributed by atoms with van der Waals surface area (Å²) in [6.07, 6.45) is 1.67. The Labute approximate surface area is 230 Å². The number of ether oxygens (including phenoxy) is 2. The van der Waals surface area contributed by atoms with Crippen molar-refractivity contribution in [2.45, 2.75) is 45.6 Å². The number of aromatic amines is 1. The van der Waals surface area contributed by atoms with Gasteiger partial charge >= 0.3 is 12.1 Å². The van der Waals surface area contributed by atoms with Gasteiger partial charge in [-0.3, -0.25) is 14.7 Å². The van der Waals surface area contributed by atoms with E-state index < -0.39 is 18.9 Å². The molecule has 0 spiro atoms. The Balaban J connectivity index is 1.29. The number of piperazine rings is 1. The van der Waals surface area contributed by atoms with Gasteiger partial charge in [-0.25, -0.2) is 14.8 Å². The van der Waals surface area contributed by atoms with Crippen LogP contribution in [0.4, 0.5) is 16.4 Å². The summed E-state index contributed by atoms with van der Waals surface area (Å²) in [5.41, 5.74) is 1.62. The van der Waals surface area contributed by atoms with Crippen molar-refractivity contribution in [2.24, 2.45) is 5.92 Å². The van der Waals surface area contributed by atoms with Gasteiger partial charge in [-0.05, 0) is 38.0 Å². The molecule has 2 fully saturated rings. The van der Waals surface area contributed by atoms with E-state index in [0.717, 1.165) is 18.5 Å². The SMILES string of the molecule is CC(C)C(=O)OCOC(=O)N1CCN(C(=O)c2nc(Nc3cc(C4CC4)[nH]n3)c3cc(Cl)ccc3n2)C[C@H]1C. The van der Waals surface area contributed by atoms with E-state index in [2.05, 4.69) is 25.5 Å². The zero-order chi connectivity index (χ0) is 27.7. The lowest BCUT2D eigenvalue weighted by molar-refractivity contribution is -0.156. The Morgan fingerprint density at radius 3 is 2.67 bits per heavy atom. The molecule has 1 atom stereocenters. The molecule has 39 heavy (non-hydrogen) atoms. The number of nitrogens with one attached hydrogen (secondary N) is 2. The van der Waals surface area contributed by atoms with Crippen LogP contribution in [0.1, 0.15) is 55.8 Å². The molecule has 1 saturated carbocycles. The highest BCUT2D eigenvalue weighted by atomic mass is 35.5. The highest BCUT2D eigenvalue weighted by Gasteiger charge is 2.33. The maximum atomic E-state index is 13.5. The number of H-pyrrole nitrogens is 1. The van der Waals surface area contributed by atoms with E-state index in [-0.39, 0.29) is 43.3 Å². The summed E-state index contributed by atoms with van der Waals surface area (Å²) in [4.78, 5) is 49.7. The van der Waals surface area contributed by atoms with E-state index in [1.165, 1.54) is 4.90 Å². The van der Waals surface area contributed by atoms with Crippen molar-refractivity contribution in [3.05, 3.63) is 40.8 Å². The van der Waals surface area contributed by atoms with Crippen molar-refractivity contribution in [2.75, 3.05) is 31.7 Å². The summed E-state index contributed by atoms with van der Waals surface area (Å²) in [5.74, 6) is 0.418. The Hall–Kier alpha value is -3.93. The van der Waals surface area contributed by atoms with Crippen LogP contribution in [0.25, 0.3) is 10.9 Å². The minimum Gasteiger partial charge on any atom is -0.428 e. The molecule has 0 bridgehead atoms. The molecule has 1 aliphatic heterocycles. The Morgan fingerprint density at radius 1 is 1.15 bits per heavy atom. The van der Waals surface area contributed by atoms with Gasteiger partial charge < -0.3 is 24.6 Å². The maximum Gasteiger partial charge on any atom is 0.413 e. The van der Waals surface area contributed by atoms with Crippen molar-refractivity contribution in [3.8, 4) is 0 Å². The zero-order valence-electron chi connectivity index (χ0n) is 21.9. The normalized spacial score (nSPS) is 17.4. The fourth-order valence-corrected chi connectivity index (χ4v) is 4.53. The number of halogens is 1. The smallest absolute Gasteiger partial charge is 0.413 e. The number of fused-ring (bicyclic) bond motifs is 1. The van der Waals surface area contributed by atoms with Gasteiger partial charge in [-0.15, -0.1) is 0 Å². The largest absolute Gasteiger partial charge is 0.428 e. The first kappa shape index (κ1) is 26.7. The molecular weight excluding hydrogens is 526 g/mol. The van der Waals surface area contributed by atoms with Crippen LogP contribution in [0.3, 0.4) is 0 Å². The molecule has 12 nitrogen and oxygen atoms in total. The fraction of sp³-hybridized carbons (Fsp3) is 0.462. The molecule has 13 heteroatoms. The first-order valence-electron chi connectivity index (χ1n) is 12.9. The standard InChI is InChI=1S/C26H30ClN7O5/c1-14(2)25(36)38-13-39-26(37)34-9-8-33(12-15(34)3)24(35)23-28-19-7-6-17(27)10-18(19)22(30-23)29-21-11-20(31-32-21)16-4-5-16/h6-7,10-11,14-16H,4-5,8-9,12-13H2,1-3H3,(H2,28,29,30,31,32)/t15-/m1/s1. The van der Waals surface area contributed by atoms with Crippen LogP contribution in [-0.4, -0.2) is 80.4 Å². The second-order valence-corrected chi connectivity index (χ2v) is 10.5. The zero-order valence-corrected chi connectivity index (χ0v) is 22.7. The third-order valence-corrected chi connectivity index (χ3v) is 6.95. The Bertz CT molecular complexity index is 1410. The molecule has 1 saturated heterocycles. The monoisotopic (exact) mass is 555 g/mol. The number of carbonyl (C=O) groups is 3. The van der Waals surface area contributed by atoms with Gasteiger partial charge in [0.2, 0.25) is 12.6 Å². The molecule has 2 aliphatic rings. The lowest BCUT2D eigenvalue weighted by Gasteiger charge is -2.38. The van der Waals surface area contributed by atoms with Gasteiger partial charge in [0.05, 0.1) is 11.4 Å². The summed E-state index contributed by atoms with van der Waals surface area (Å²) in [5, 5.41) is 11.8. The van der Waals surface area contributed by atoms with Crippen molar-refractivity contribution in [1.29, 1.82) is 0 Å². The number of hydrogen-bond donors (Lipinski definition) is 2. The van der Waals surface area contributed by atoms with Crippen molar-refractivity contribution < 1.29 is 23.9 Å². The second kappa shape index (κ2) is 11.0. The molecular formula is C26H30ClN7O5. The number of hydrogen-bond acceptors (Lipinski definition) is 9. The van der Waals surface area contributed by atoms with E-state index in [9.17, 15) is 14.4 Å². The quantitative estimate of drug-likeness (QED) is 0.326. The van der Waals surface area contributed by atoms with Crippen LogP contribution in [0.15, 0.2) is 24.3 Å². The van der Waals surface area contributed by atoms with Gasteiger partial charge in [0.25, 0.3) is 5.91 Å². The predicted molar refractivity (Wildman–Crippen MR) is 143 cm³/mol. The number of rotatable bonds is 7. The van der Waals surface area contributed by atoms with E-state index >= 15 is 0 Å². The van der Waals surface area contributed by atoms with Crippen molar-refractivity contribution in [1.82, 2.24) is 30.0 Å². The summed E-state index contributed by atoms with van der Waals surface area (Å²) >= 11 is 6.24. The average Bonchev–Trinajstić information content (AvgIpc) is 3.66. The first-order valence-corrected chi connectivity index (χ1v) is 13.3. The van der Waals surface area contributed by atoms with Gasteiger partial charge in [-0.1, -0.05) is 25.4 Å². The molecule has 2 aromatic heterocycles.